The summed E-state index contributed by atoms with van der Waals surface area (Å²) >= 11 is 9.40. The summed E-state index contributed by atoms with van der Waals surface area (Å²) in [6.07, 6.45) is 2.61. The van der Waals surface area contributed by atoms with Gasteiger partial charge in [0.2, 0.25) is 0 Å². The van der Waals surface area contributed by atoms with Crippen LogP contribution in [-0.4, -0.2) is 18.8 Å². The Hall–Kier alpha value is -0.250. The molecule has 0 amide bonds. The van der Waals surface area contributed by atoms with Crippen LogP contribution in [0.1, 0.15) is 19.8 Å². The van der Waals surface area contributed by atoms with Gasteiger partial charge >= 0.3 is 0 Å². The molecule has 4 heteroatoms. The number of halogens is 2. The van der Waals surface area contributed by atoms with E-state index in [0.717, 1.165) is 34.6 Å². The molecule has 1 N–H and O–H groups in total. The molecule has 2 nitrogen and oxygen atoms in total. The monoisotopic (exact) mass is 303 g/mol. The van der Waals surface area contributed by atoms with Gasteiger partial charge in [-0.2, -0.15) is 0 Å². The van der Waals surface area contributed by atoms with Gasteiger partial charge < -0.3 is 10.1 Å². The van der Waals surface area contributed by atoms with Crippen molar-refractivity contribution in [3.8, 4) is 0 Å². The van der Waals surface area contributed by atoms with E-state index < -0.39 is 0 Å². The fourth-order valence-corrected chi connectivity index (χ4v) is 2.30. The van der Waals surface area contributed by atoms with Gasteiger partial charge in [-0.25, -0.2) is 0 Å². The lowest BCUT2D eigenvalue weighted by Crippen LogP contribution is -2.40. The van der Waals surface area contributed by atoms with Gasteiger partial charge in [0.25, 0.3) is 0 Å². The highest BCUT2D eigenvalue weighted by Crippen LogP contribution is 2.30. The second-order valence-corrected chi connectivity index (χ2v) is 5.28. The summed E-state index contributed by atoms with van der Waals surface area (Å²) < 4.78 is 6.45. The summed E-state index contributed by atoms with van der Waals surface area (Å²) in [6.45, 7) is 2.84. The first kappa shape index (κ1) is 12.2. The molecule has 1 aromatic rings. The Morgan fingerprint density at radius 1 is 1.50 bits per heavy atom. The van der Waals surface area contributed by atoms with Crippen LogP contribution in [0, 0.1) is 0 Å². The summed E-state index contributed by atoms with van der Waals surface area (Å²) in [5.74, 6) is 0. The standard InChI is InChI=1S/C12H15BrClNO/c1-2-16-10-5-9(6-10)15-8-3-4-11(13)12(14)7-8/h3-4,7,9-10,15H,2,5-6H2,1H3. The SMILES string of the molecule is CCOC1CC(Nc2ccc(Br)c(Cl)c2)C1. The molecule has 1 fully saturated rings. The maximum absolute atomic E-state index is 6.03. The zero-order valence-electron chi connectivity index (χ0n) is 9.17. The van der Waals surface area contributed by atoms with Crippen molar-refractivity contribution in [2.45, 2.75) is 31.9 Å². The van der Waals surface area contributed by atoms with Crippen LogP contribution in [0.4, 0.5) is 5.69 Å². The number of benzene rings is 1. The van der Waals surface area contributed by atoms with Gasteiger partial charge in [-0.15, -0.1) is 0 Å². The van der Waals surface area contributed by atoms with E-state index in [1.165, 1.54) is 0 Å². The van der Waals surface area contributed by atoms with Crippen molar-refractivity contribution in [3.63, 3.8) is 0 Å². The zero-order valence-corrected chi connectivity index (χ0v) is 11.5. The van der Waals surface area contributed by atoms with Crippen LogP contribution in [0.25, 0.3) is 0 Å². The quantitative estimate of drug-likeness (QED) is 0.905. The third kappa shape index (κ3) is 2.90. The van der Waals surface area contributed by atoms with E-state index in [1.807, 2.05) is 25.1 Å². The predicted octanol–water partition coefficient (Wildman–Crippen LogP) is 4.08. The number of hydrogen-bond donors (Lipinski definition) is 1. The van der Waals surface area contributed by atoms with Crippen molar-refractivity contribution < 1.29 is 4.74 Å². The highest BCUT2D eigenvalue weighted by atomic mass is 79.9. The maximum Gasteiger partial charge on any atom is 0.0614 e. The largest absolute Gasteiger partial charge is 0.382 e. The average Bonchev–Trinajstić information content (AvgIpc) is 2.20. The lowest BCUT2D eigenvalue weighted by Gasteiger charge is -2.36. The van der Waals surface area contributed by atoms with Crippen LogP contribution < -0.4 is 5.32 Å². The Kier molecular flexibility index (Phi) is 4.11. The second-order valence-electron chi connectivity index (χ2n) is 4.02. The lowest BCUT2D eigenvalue weighted by atomic mass is 9.89. The minimum Gasteiger partial charge on any atom is -0.382 e. The second kappa shape index (κ2) is 5.39. The minimum atomic E-state index is 0.438. The summed E-state index contributed by atoms with van der Waals surface area (Å²) in [4.78, 5) is 0. The topological polar surface area (TPSA) is 21.3 Å². The Morgan fingerprint density at radius 2 is 2.25 bits per heavy atom. The molecule has 1 saturated carbocycles. The molecular weight excluding hydrogens is 289 g/mol. The molecule has 0 spiro atoms. The summed E-state index contributed by atoms with van der Waals surface area (Å²) in [6, 6.07) is 6.46. The maximum atomic E-state index is 6.03. The van der Waals surface area contributed by atoms with Crippen LogP contribution in [0.2, 0.25) is 5.02 Å². The lowest BCUT2D eigenvalue weighted by molar-refractivity contribution is 0.00299. The first-order chi connectivity index (χ1) is 7.69. The van der Waals surface area contributed by atoms with Crippen molar-refractivity contribution in [2.24, 2.45) is 0 Å². The van der Waals surface area contributed by atoms with E-state index in [2.05, 4.69) is 21.2 Å². The van der Waals surface area contributed by atoms with E-state index >= 15 is 0 Å². The predicted molar refractivity (Wildman–Crippen MR) is 71.2 cm³/mol. The Bertz CT molecular complexity index is 366. The molecule has 88 valence electrons. The smallest absolute Gasteiger partial charge is 0.0614 e. The van der Waals surface area contributed by atoms with E-state index in [-0.39, 0.29) is 0 Å². The summed E-state index contributed by atoms with van der Waals surface area (Å²) in [7, 11) is 0. The molecule has 0 radical (unpaired) electrons. The van der Waals surface area contributed by atoms with Gasteiger partial charge in [0, 0.05) is 22.8 Å². The molecule has 0 saturated heterocycles. The van der Waals surface area contributed by atoms with Gasteiger partial charge in [-0.1, -0.05) is 11.6 Å². The third-order valence-electron chi connectivity index (χ3n) is 2.79. The molecule has 0 bridgehead atoms. The van der Waals surface area contributed by atoms with Crippen molar-refractivity contribution in [2.75, 3.05) is 11.9 Å². The zero-order chi connectivity index (χ0) is 11.5. The van der Waals surface area contributed by atoms with Crippen molar-refractivity contribution >= 4 is 33.2 Å². The Morgan fingerprint density at radius 3 is 2.88 bits per heavy atom. The van der Waals surface area contributed by atoms with Gasteiger partial charge in [0.15, 0.2) is 0 Å². The normalized spacial score (nSPS) is 23.9. The highest BCUT2D eigenvalue weighted by Gasteiger charge is 2.29. The average molecular weight is 305 g/mol. The van der Waals surface area contributed by atoms with E-state index in [1.54, 1.807) is 0 Å². The number of rotatable bonds is 4. The number of ether oxygens (including phenoxy) is 1. The van der Waals surface area contributed by atoms with Crippen LogP contribution in [0.15, 0.2) is 22.7 Å². The molecular formula is C12H15BrClNO. The van der Waals surface area contributed by atoms with Gasteiger partial charge in [-0.05, 0) is 53.9 Å². The van der Waals surface area contributed by atoms with Crippen LogP contribution in [-0.2, 0) is 4.74 Å². The molecule has 0 aromatic heterocycles. The highest BCUT2D eigenvalue weighted by molar-refractivity contribution is 9.10. The van der Waals surface area contributed by atoms with Crippen LogP contribution in [0.5, 0.6) is 0 Å². The number of nitrogens with one attached hydrogen (secondary N) is 1. The summed E-state index contributed by atoms with van der Waals surface area (Å²) in [5.41, 5.74) is 1.08. The molecule has 0 unspecified atom stereocenters. The molecule has 0 atom stereocenters. The Balaban J connectivity index is 1.84. The van der Waals surface area contributed by atoms with Gasteiger partial charge in [0.1, 0.15) is 0 Å². The molecule has 0 heterocycles. The molecule has 1 aliphatic carbocycles. The molecule has 16 heavy (non-hydrogen) atoms. The fourth-order valence-electron chi connectivity index (χ4n) is 1.88. The first-order valence-electron chi connectivity index (χ1n) is 5.52. The van der Waals surface area contributed by atoms with Crippen LogP contribution >= 0.6 is 27.5 Å². The number of hydrogen-bond acceptors (Lipinski definition) is 2. The van der Waals surface area contributed by atoms with Crippen molar-refractivity contribution in [3.05, 3.63) is 27.7 Å². The molecule has 0 aliphatic heterocycles. The minimum absolute atomic E-state index is 0.438. The fraction of sp³-hybridized carbons (Fsp3) is 0.500. The number of anilines is 1. The molecule has 1 aromatic carbocycles. The van der Waals surface area contributed by atoms with Gasteiger partial charge in [0.05, 0.1) is 11.1 Å². The van der Waals surface area contributed by atoms with Crippen LogP contribution in [0.3, 0.4) is 0 Å². The summed E-state index contributed by atoms with van der Waals surface area (Å²) in [5, 5.41) is 4.19. The molecule has 1 aliphatic rings. The van der Waals surface area contributed by atoms with Crippen molar-refractivity contribution in [1.82, 2.24) is 0 Å². The van der Waals surface area contributed by atoms with E-state index in [9.17, 15) is 0 Å². The Labute approximate surface area is 109 Å². The molecule has 2 rings (SSSR count). The van der Waals surface area contributed by atoms with E-state index in [0.29, 0.717) is 12.1 Å². The third-order valence-corrected chi connectivity index (χ3v) is 4.02. The van der Waals surface area contributed by atoms with Gasteiger partial charge in [-0.3, -0.25) is 0 Å². The van der Waals surface area contributed by atoms with E-state index in [4.69, 9.17) is 16.3 Å². The van der Waals surface area contributed by atoms with Crippen molar-refractivity contribution in [1.29, 1.82) is 0 Å². The first-order valence-corrected chi connectivity index (χ1v) is 6.69.